The van der Waals surface area contributed by atoms with E-state index in [0.717, 1.165) is 23.7 Å². The van der Waals surface area contributed by atoms with Crippen LogP contribution in [-0.4, -0.2) is 30.7 Å². The van der Waals surface area contributed by atoms with Crippen molar-refractivity contribution in [3.05, 3.63) is 78.3 Å². The molecule has 0 bridgehead atoms. The van der Waals surface area contributed by atoms with Crippen molar-refractivity contribution in [1.82, 2.24) is 5.32 Å². The number of rotatable bonds is 8. The number of carbonyl (C=O) groups excluding carboxylic acids is 2. The van der Waals surface area contributed by atoms with Gasteiger partial charge in [0.05, 0.1) is 24.1 Å². The summed E-state index contributed by atoms with van der Waals surface area (Å²) in [6.07, 6.45) is 5.33. The first-order valence-corrected chi connectivity index (χ1v) is 11.8. The molecular formula is C25H27N3O3S. The van der Waals surface area contributed by atoms with Gasteiger partial charge >= 0.3 is 0 Å². The Morgan fingerprint density at radius 2 is 1.72 bits per heavy atom. The standard InChI is InChI=1S/C25H27N3O3S/c29-24(26-17-21-7-6-16-31-21)18-32-23-9-3-2-8-22(23)25(30)27-19-10-12-20(13-11-19)28-14-4-1-5-15-28/h2-3,6-13,16H,1,4-5,14-15,17-18H2,(H,26,29)(H,27,30). The number of anilines is 2. The Hall–Kier alpha value is -3.19. The van der Waals surface area contributed by atoms with Crippen LogP contribution >= 0.6 is 11.8 Å². The minimum atomic E-state index is -0.185. The molecule has 2 aromatic carbocycles. The molecule has 1 aliphatic rings. The Morgan fingerprint density at radius 1 is 0.938 bits per heavy atom. The van der Waals surface area contributed by atoms with Crippen LogP contribution in [0.3, 0.4) is 0 Å². The molecule has 1 aliphatic heterocycles. The average molecular weight is 450 g/mol. The molecule has 1 aromatic heterocycles. The average Bonchev–Trinajstić information content (AvgIpc) is 3.36. The predicted molar refractivity (Wildman–Crippen MR) is 128 cm³/mol. The van der Waals surface area contributed by atoms with Crippen molar-refractivity contribution in [1.29, 1.82) is 0 Å². The number of benzene rings is 2. The van der Waals surface area contributed by atoms with Crippen molar-refractivity contribution in [2.45, 2.75) is 30.7 Å². The molecule has 166 valence electrons. The molecular weight excluding hydrogens is 422 g/mol. The van der Waals surface area contributed by atoms with Gasteiger partial charge in [0.1, 0.15) is 5.76 Å². The van der Waals surface area contributed by atoms with Crippen LogP contribution in [-0.2, 0) is 11.3 Å². The molecule has 2 heterocycles. The molecule has 0 radical (unpaired) electrons. The SMILES string of the molecule is O=C(CSc1ccccc1C(=O)Nc1ccc(N2CCCCC2)cc1)NCc1ccco1. The van der Waals surface area contributed by atoms with Crippen LogP contribution in [0, 0.1) is 0 Å². The molecule has 2 amide bonds. The van der Waals surface area contributed by atoms with E-state index in [1.54, 1.807) is 18.4 Å². The van der Waals surface area contributed by atoms with E-state index in [9.17, 15) is 9.59 Å². The summed E-state index contributed by atoms with van der Waals surface area (Å²) in [5.74, 6) is 0.620. The van der Waals surface area contributed by atoms with Crippen molar-refractivity contribution in [2.75, 3.05) is 29.1 Å². The van der Waals surface area contributed by atoms with Crippen LogP contribution in [0.15, 0.2) is 76.2 Å². The van der Waals surface area contributed by atoms with Crippen molar-refractivity contribution in [2.24, 2.45) is 0 Å². The lowest BCUT2D eigenvalue weighted by Gasteiger charge is -2.28. The Balaban J connectivity index is 1.33. The fourth-order valence-electron chi connectivity index (χ4n) is 3.68. The number of carbonyl (C=O) groups is 2. The van der Waals surface area contributed by atoms with Crippen LogP contribution < -0.4 is 15.5 Å². The maximum Gasteiger partial charge on any atom is 0.256 e. The topological polar surface area (TPSA) is 74.6 Å². The van der Waals surface area contributed by atoms with Gasteiger partial charge in [-0.05, 0) is 67.8 Å². The Bertz CT molecular complexity index is 1030. The van der Waals surface area contributed by atoms with Crippen LogP contribution in [0.4, 0.5) is 11.4 Å². The quantitative estimate of drug-likeness (QED) is 0.477. The molecule has 0 spiro atoms. The predicted octanol–water partition coefficient (Wildman–Crippen LogP) is 4.93. The number of piperidine rings is 1. The molecule has 0 aliphatic carbocycles. The van der Waals surface area contributed by atoms with E-state index in [-0.39, 0.29) is 17.6 Å². The normalized spacial score (nSPS) is 13.6. The monoisotopic (exact) mass is 449 g/mol. The maximum atomic E-state index is 12.9. The van der Waals surface area contributed by atoms with Gasteiger partial charge in [-0.25, -0.2) is 0 Å². The second kappa shape index (κ2) is 10.9. The van der Waals surface area contributed by atoms with Crippen molar-refractivity contribution < 1.29 is 14.0 Å². The number of hydrogen-bond acceptors (Lipinski definition) is 5. The van der Waals surface area contributed by atoms with Crippen LogP contribution in [0.2, 0.25) is 0 Å². The first-order chi connectivity index (χ1) is 15.7. The summed E-state index contributed by atoms with van der Waals surface area (Å²) in [4.78, 5) is 28.2. The van der Waals surface area contributed by atoms with Crippen molar-refractivity contribution in [3.8, 4) is 0 Å². The Labute approximate surface area is 192 Å². The van der Waals surface area contributed by atoms with Gasteiger partial charge in [-0.2, -0.15) is 0 Å². The van der Waals surface area contributed by atoms with Gasteiger partial charge in [0.25, 0.3) is 5.91 Å². The molecule has 1 fully saturated rings. The van der Waals surface area contributed by atoms with E-state index < -0.39 is 0 Å². The zero-order valence-electron chi connectivity index (χ0n) is 17.9. The minimum Gasteiger partial charge on any atom is -0.467 e. The van der Waals surface area contributed by atoms with Crippen LogP contribution in [0.5, 0.6) is 0 Å². The van der Waals surface area contributed by atoms with Gasteiger partial charge in [-0.1, -0.05) is 12.1 Å². The molecule has 3 aromatic rings. The second-order valence-electron chi connectivity index (χ2n) is 7.69. The highest BCUT2D eigenvalue weighted by Crippen LogP contribution is 2.25. The van der Waals surface area contributed by atoms with Gasteiger partial charge in [-0.15, -0.1) is 11.8 Å². The molecule has 2 N–H and O–H groups in total. The third-order valence-electron chi connectivity index (χ3n) is 5.38. The molecule has 6 nitrogen and oxygen atoms in total. The number of nitrogens with one attached hydrogen (secondary N) is 2. The first kappa shape index (κ1) is 22.0. The van der Waals surface area contributed by atoms with Crippen LogP contribution in [0.25, 0.3) is 0 Å². The number of amides is 2. The Kier molecular flexibility index (Phi) is 7.51. The molecule has 1 saturated heterocycles. The summed E-state index contributed by atoms with van der Waals surface area (Å²) in [7, 11) is 0. The van der Waals surface area contributed by atoms with E-state index in [1.807, 2.05) is 36.4 Å². The van der Waals surface area contributed by atoms with Crippen LogP contribution in [0.1, 0.15) is 35.4 Å². The minimum absolute atomic E-state index is 0.116. The Morgan fingerprint density at radius 3 is 2.47 bits per heavy atom. The fourth-order valence-corrected chi connectivity index (χ4v) is 4.56. The maximum absolute atomic E-state index is 12.9. The molecule has 0 saturated carbocycles. The lowest BCUT2D eigenvalue weighted by Crippen LogP contribution is -2.29. The summed E-state index contributed by atoms with van der Waals surface area (Å²) in [6.45, 7) is 2.53. The van der Waals surface area contributed by atoms with E-state index >= 15 is 0 Å². The molecule has 0 atom stereocenters. The summed E-state index contributed by atoms with van der Waals surface area (Å²) < 4.78 is 5.22. The summed E-state index contributed by atoms with van der Waals surface area (Å²) >= 11 is 1.34. The zero-order chi connectivity index (χ0) is 22.2. The second-order valence-corrected chi connectivity index (χ2v) is 8.71. The smallest absolute Gasteiger partial charge is 0.256 e. The van der Waals surface area contributed by atoms with E-state index in [4.69, 9.17) is 4.42 Å². The van der Waals surface area contributed by atoms with Crippen molar-refractivity contribution in [3.63, 3.8) is 0 Å². The van der Waals surface area contributed by atoms with Gasteiger partial charge in [0.2, 0.25) is 5.91 Å². The molecule has 0 unspecified atom stereocenters. The summed E-state index contributed by atoms with van der Waals surface area (Å²) in [6, 6.07) is 18.9. The van der Waals surface area contributed by atoms with E-state index in [0.29, 0.717) is 17.9 Å². The third kappa shape index (κ3) is 5.95. The van der Waals surface area contributed by atoms with Gasteiger partial charge in [-0.3, -0.25) is 9.59 Å². The van der Waals surface area contributed by atoms with E-state index in [2.05, 4.69) is 27.7 Å². The number of thioether (sulfide) groups is 1. The van der Waals surface area contributed by atoms with Gasteiger partial charge < -0.3 is 20.0 Å². The lowest BCUT2D eigenvalue weighted by molar-refractivity contribution is -0.118. The molecule has 7 heteroatoms. The molecule has 32 heavy (non-hydrogen) atoms. The number of hydrogen-bond donors (Lipinski definition) is 2. The van der Waals surface area contributed by atoms with Crippen molar-refractivity contribution >= 4 is 35.0 Å². The highest BCUT2D eigenvalue weighted by atomic mass is 32.2. The molecule has 4 rings (SSSR count). The first-order valence-electron chi connectivity index (χ1n) is 10.9. The lowest BCUT2D eigenvalue weighted by atomic mass is 10.1. The van der Waals surface area contributed by atoms with E-state index in [1.165, 1.54) is 36.7 Å². The highest BCUT2D eigenvalue weighted by Gasteiger charge is 2.14. The van der Waals surface area contributed by atoms with Gasteiger partial charge in [0, 0.05) is 29.4 Å². The fraction of sp³-hybridized carbons (Fsp3) is 0.280. The summed E-state index contributed by atoms with van der Waals surface area (Å²) in [5.41, 5.74) is 2.50. The van der Waals surface area contributed by atoms with Gasteiger partial charge in [0.15, 0.2) is 0 Å². The largest absolute Gasteiger partial charge is 0.467 e. The third-order valence-corrected chi connectivity index (χ3v) is 6.45. The number of nitrogens with zero attached hydrogens (tertiary/aromatic N) is 1. The summed E-state index contributed by atoms with van der Waals surface area (Å²) in [5, 5.41) is 5.79. The number of furan rings is 1. The highest BCUT2D eigenvalue weighted by molar-refractivity contribution is 8.00. The zero-order valence-corrected chi connectivity index (χ0v) is 18.7.